The fourth-order valence-corrected chi connectivity index (χ4v) is 3.40. The molecule has 1 aliphatic rings. The van der Waals surface area contributed by atoms with Crippen LogP contribution in [-0.4, -0.2) is 29.9 Å². The van der Waals surface area contributed by atoms with Crippen LogP contribution >= 0.6 is 0 Å². The van der Waals surface area contributed by atoms with Gasteiger partial charge in [-0.3, -0.25) is 4.79 Å². The smallest absolute Gasteiger partial charge is 0.342 e. The van der Waals surface area contributed by atoms with E-state index in [4.69, 9.17) is 9.15 Å². The van der Waals surface area contributed by atoms with Crippen molar-refractivity contribution in [2.45, 2.75) is 39.2 Å². The Hall–Kier alpha value is -2.89. The number of carbonyl (C=O) groups excluding carboxylic acids is 2. The maximum Gasteiger partial charge on any atom is 0.342 e. The number of hydrogen-bond donors (Lipinski definition) is 0. The van der Waals surface area contributed by atoms with Crippen molar-refractivity contribution in [2.24, 2.45) is 0 Å². The summed E-state index contributed by atoms with van der Waals surface area (Å²) in [4.78, 5) is 39.1. The first-order valence-electron chi connectivity index (χ1n) is 9.13. The van der Waals surface area contributed by atoms with Crippen molar-refractivity contribution < 1.29 is 18.7 Å². The summed E-state index contributed by atoms with van der Waals surface area (Å²) < 4.78 is 10.7. The average molecular weight is 369 g/mol. The lowest BCUT2D eigenvalue weighted by molar-refractivity contribution is -0.142. The first kappa shape index (κ1) is 18.9. The van der Waals surface area contributed by atoms with E-state index < -0.39 is 17.7 Å². The van der Waals surface area contributed by atoms with Crippen LogP contribution in [0.15, 0.2) is 45.6 Å². The van der Waals surface area contributed by atoms with Gasteiger partial charge in [0.05, 0.1) is 0 Å². The third-order valence-electron chi connectivity index (χ3n) is 4.76. The van der Waals surface area contributed by atoms with Gasteiger partial charge in [0.2, 0.25) is 6.10 Å². The lowest BCUT2D eigenvalue weighted by Gasteiger charge is -2.30. The largest absolute Gasteiger partial charge is 0.444 e. The SMILES string of the molecule is Cc1cc(=O)oc(C)c1C(=O)O[C@@H](C(=O)N1CCCCC1)c1ccccc1. The zero-order valence-electron chi connectivity index (χ0n) is 15.6. The molecule has 1 fully saturated rings. The predicted octanol–water partition coefficient (Wildman–Crippen LogP) is 3.17. The van der Waals surface area contributed by atoms with E-state index in [1.165, 1.54) is 13.0 Å². The van der Waals surface area contributed by atoms with Gasteiger partial charge in [0.1, 0.15) is 11.3 Å². The number of piperidine rings is 1. The third kappa shape index (κ3) is 4.27. The molecule has 3 rings (SSSR count). The molecule has 1 atom stereocenters. The van der Waals surface area contributed by atoms with E-state index in [1.54, 1.807) is 36.1 Å². The number of hydrogen-bond acceptors (Lipinski definition) is 5. The molecule has 0 radical (unpaired) electrons. The van der Waals surface area contributed by atoms with Gasteiger partial charge in [0.15, 0.2) is 0 Å². The first-order valence-corrected chi connectivity index (χ1v) is 9.13. The summed E-state index contributed by atoms with van der Waals surface area (Å²) >= 11 is 0. The molecule has 6 nitrogen and oxygen atoms in total. The van der Waals surface area contributed by atoms with E-state index in [-0.39, 0.29) is 17.2 Å². The number of likely N-dealkylation sites (tertiary alicyclic amines) is 1. The molecular weight excluding hydrogens is 346 g/mol. The summed E-state index contributed by atoms with van der Waals surface area (Å²) in [6.45, 7) is 4.51. The molecule has 1 aliphatic heterocycles. The van der Waals surface area contributed by atoms with Crippen molar-refractivity contribution in [3.63, 3.8) is 0 Å². The van der Waals surface area contributed by atoms with Gasteiger partial charge in [-0.15, -0.1) is 0 Å². The second-order valence-corrected chi connectivity index (χ2v) is 6.76. The van der Waals surface area contributed by atoms with Crippen LogP contribution in [-0.2, 0) is 9.53 Å². The maximum absolute atomic E-state index is 13.1. The number of nitrogens with zero attached hydrogens (tertiary/aromatic N) is 1. The van der Waals surface area contributed by atoms with Gasteiger partial charge in [-0.05, 0) is 38.7 Å². The molecule has 0 unspecified atom stereocenters. The molecule has 1 aromatic heterocycles. The molecule has 2 heterocycles. The van der Waals surface area contributed by atoms with E-state index in [9.17, 15) is 14.4 Å². The second-order valence-electron chi connectivity index (χ2n) is 6.76. The topological polar surface area (TPSA) is 76.8 Å². The minimum Gasteiger partial charge on any atom is -0.444 e. The molecule has 0 bridgehead atoms. The van der Waals surface area contributed by atoms with E-state index in [0.717, 1.165) is 19.3 Å². The number of aryl methyl sites for hydroxylation is 2. The lowest BCUT2D eigenvalue weighted by Crippen LogP contribution is -2.40. The summed E-state index contributed by atoms with van der Waals surface area (Å²) in [5, 5.41) is 0. The highest BCUT2D eigenvalue weighted by molar-refractivity contribution is 5.94. The summed E-state index contributed by atoms with van der Waals surface area (Å²) in [5.41, 5.74) is 0.743. The zero-order chi connectivity index (χ0) is 19.4. The fraction of sp³-hybridized carbons (Fsp3) is 0.381. The van der Waals surface area contributed by atoms with Gasteiger partial charge in [-0.25, -0.2) is 9.59 Å². The van der Waals surface area contributed by atoms with Gasteiger partial charge in [-0.2, -0.15) is 0 Å². The molecule has 27 heavy (non-hydrogen) atoms. The van der Waals surface area contributed by atoms with E-state index in [0.29, 0.717) is 24.2 Å². The van der Waals surface area contributed by atoms with Gasteiger partial charge in [-0.1, -0.05) is 30.3 Å². The molecule has 1 saturated heterocycles. The molecular formula is C21H23NO5. The number of rotatable bonds is 4. The summed E-state index contributed by atoms with van der Waals surface area (Å²) in [5.74, 6) is -0.711. The highest BCUT2D eigenvalue weighted by Crippen LogP contribution is 2.25. The van der Waals surface area contributed by atoms with Gasteiger partial charge < -0.3 is 14.1 Å². The second kappa shape index (κ2) is 8.20. The van der Waals surface area contributed by atoms with Crippen molar-refractivity contribution >= 4 is 11.9 Å². The normalized spacial score (nSPS) is 15.3. The number of benzene rings is 1. The summed E-state index contributed by atoms with van der Waals surface area (Å²) in [6, 6.07) is 10.2. The Morgan fingerprint density at radius 2 is 1.74 bits per heavy atom. The Kier molecular flexibility index (Phi) is 5.74. The Balaban J connectivity index is 1.91. The van der Waals surface area contributed by atoms with E-state index >= 15 is 0 Å². The number of ether oxygens (including phenoxy) is 1. The van der Waals surface area contributed by atoms with Crippen molar-refractivity contribution in [1.82, 2.24) is 4.90 Å². The van der Waals surface area contributed by atoms with Crippen LogP contribution in [0.25, 0.3) is 0 Å². The quantitative estimate of drug-likeness (QED) is 0.774. The molecule has 0 N–H and O–H groups in total. The standard InChI is InChI=1S/C21H23NO5/c1-14-13-17(23)26-15(2)18(14)21(25)27-19(16-9-5-3-6-10-16)20(24)22-11-7-4-8-12-22/h3,5-6,9-10,13,19H,4,7-8,11-12H2,1-2H3/t19-/m1/s1. The minimum atomic E-state index is -1.03. The first-order chi connectivity index (χ1) is 13.0. The molecule has 0 spiro atoms. The van der Waals surface area contributed by atoms with Crippen LogP contribution in [0.3, 0.4) is 0 Å². The minimum absolute atomic E-state index is 0.182. The Morgan fingerprint density at radius 3 is 2.37 bits per heavy atom. The fourth-order valence-electron chi connectivity index (χ4n) is 3.40. The Bertz CT molecular complexity index is 855. The molecule has 2 aromatic rings. The van der Waals surface area contributed by atoms with Crippen molar-refractivity contribution in [3.8, 4) is 0 Å². The average Bonchev–Trinajstić information content (AvgIpc) is 2.66. The van der Waals surface area contributed by atoms with Crippen LogP contribution in [0.4, 0.5) is 0 Å². The van der Waals surface area contributed by atoms with Gasteiger partial charge >= 0.3 is 11.6 Å². The molecule has 142 valence electrons. The van der Waals surface area contributed by atoms with Crippen LogP contribution in [0.1, 0.15) is 52.6 Å². The highest BCUT2D eigenvalue weighted by atomic mass is 16.5. The Labute approximate surface area is 157 Å². The molecule has 1 aromatic carbocycles. The summed E-state index contributed by atoms with van der Waals surface area (Å²) in [7, 11) is 0. The van der Waals surface area contributed by atoms with Gasteiger partial charge in [0, 0.05) is 24.7 Å². The zero-order valence-corrected chi connectivity index (χ0v) is 15.6. The van der Waals surface area contributed by atoms with Crippen LogP contribution in [0, 0.1) is 13.8 Å². The van der Waals surface area contributed by atoms with Crippen molar-refractivity contribution in [2.75, 3.05) is 13.1 Å². The monoisotopic (exact) mass is 369 g/mol. The molecule has 0 saturated carbocycles. The molecule has 6 heteroatoms. The van der Waals surface area contributed by atoms with Crippen molar-refractivity contribution in [1.29, 1.82) is 0 Å². The van der Waals surface area contributed by atoms with Crippen molar-refractivity contribution in [3.05, 3.63) is 69.3 Å². The van der Waals surface area contributed by atoms with Gasteiger partial charge in [0.25, 0.3) is 5.91 Å². The number of esters is 1. The number of carbonyl (C=O) groups is 2. The molecule has 1 amide bonds. The molecule has 0 aliphatic carbocycles. The Morgan fingerprint density at radius 1 is 1.07 bits per heavy atom. The number of amides is 1. The third-order valence-corrected chi connectivity index (χ3v) is 4.76. The predicted molar refractivity (Wildman–Crippen MR) is 99.5 cm³/mol. The maximum atomic E-state index is 13.1. The lowest BCUT2D eigenvalue weighted by atomic mass is 10.0. The summed E-state index contributed by atoms with van der Waals surface area (Å²) in [6.07, 6.45) is 1.97. The van der Waals surface area contributed by atoms with E-state index in [1.807, 2.05) is 6.07 Å². The van der Waals surface area contributed by atoms with Crippen LogP contribution in [0.2, 0.25) is 0 Å². The van der Waals surface area contributed by atoms with Crippen LogP contribution in [0.5, 0.6) is 0 Å². The highest BCUT2D eigenvalue weighted by Gasteiger charge is 2.31. The van der Waals surface area contributed by atoms with Crippen LogP contribution < -0.4 is 5.63 Å². The van der Waals surface area contributed by atoms with E-state index in [2.05, 4.69) is 0 Å².